The van der Waals surface area contributed by atoms with Crippen molar-refractivity contribution in [1.82, 2.24) is 0 Å². The van der Waals surface area contributed by atoms with Crippen LogP contribution in [0, 0.1) is 5.92 Å². The van der Waals surface area contributed by atoms with Crippen molar-refractivity contribution in [1.29, 1.82) is 0 Å². The first-order chi connectivity index (χ1) is 5.83. The molecular weight excluding hydrogens is 172 g/mol. The van der Waals surface area contributed by atoms with Crippen LogP contribution in [-0.4, -0.2) is 11.7 Å². The predicted octanol–water partition coefficient (Wildman–Crippen LogP) is 3.07. The molecule has 0 aromatic rings. The van der Waals surface area contributed by atoms with Gasteiger partial charge in [0, 0.05) is 5.03 Å². The molecule has 0 bridgehead atoms. The minimum Gasteiger partial charge on any atom is -0.392 e. The fourth-order valence-electron chi connectivity index (χ4n) is 1.85. The number of hydrogen-bond acceptors (Lipinski definition) is 1. The fourth-order valence-corrected chi connectivity index (χ4v) is 2.14. The van der Waals surface area contributed by atoms with Crippen molar-refractivity contribution in [2.75, 3.05) is 6.61 Å². The molecule has 0 radical (unpaired) electrons. The van der Waals surface area contributed by atoms with Gasteiger partial charge in [0.05, 0.1) is 6.61 Å². The van der Waals surface area contributed by atoms with E-state index in [1.165, 1.54) is 32.1 Å². The summed E-state index contributed by atoms with van der Waals surface area (Å²) in [5, 5.41) is 9.44. The molecule has 70 valence electrons. The smallest absolute Gasteiger partial charge is 0.0626 e. The summed E-state index contributed by atoms with van der Waals surface area (Å²) in [6.07, 6.45) is 9.41. The number of hydrogen-bond donors (Lipinski definition) is 1. The first kappa shape index (κ1) is 10.1. The van der Waals surface area contributed by atoms with E-state index in [4.69, 9.17) is 16.7 Å². The minimum absolute atomic E-state index is 0.0750. The summed E-state index contributed by atoms with van der Waals surface area (Å²) < 4.78 is 0. The fraction of sp³-hybridized carbons (Fsp3) is 0.800. The molecule has 1 N–H and O–H groups in total. The van der Waals surface area contributed by atoms with E-state index < -0.39 is 0 Å². The first-order valence-electron chi connectivity index (χ1n) is 4.78. The lowest BCUT2D eigenvalue weighted by molar-refractivity contribution is 0.338. The van der Waals surface area contributed by atoms with Crippen molar-refractivity contribution in [3.63, 3.8) is 0 Å². The topological polar surface area (TPSA) is 20.2 Å². The van der Waals surface area contributed by atoms with Gasteiger partial charge in [0.2, 0.25) is 0 Å². The summed E-state index contributed by atoms with van der Waals surface area (Å²) in [5.41, 5.74) is 0. The van der Waals surface area contributed by atoms with Gasteiger partial charge in [-0.15, -0.1) is 0 Å². The van der Waals surface area contributed by atoms with Crippen molar-refractivity contribution in [3.8, 4) is 0 Å². The van der Waals surface area contributed by atoms with E-state index in [0.717, 1.165) is 17.4 Å². The van der Waals surface area contributed by atoms with Crippen molar-refractivity contribution < 1.29 is 5.11 Å². The number of aliphatic hydroxyl groups is 1. The van der Waals surface area contributed by atoms with Gasteiger partial charge < -0.3 is 5.11 Å². The highest BCUT2D eigenvalue weighted by Gasteiger charge is 2.13. The molecule has 1 nitrogen and oxygen atoms in total. The molecule has 2 heteroatoms. The predicted molar refractivity (Wildman–Crippen MR) is 52.2 cm³/mol. The molecule has 1 fully saturated rings. The zero-order valence-corrected chi connectivity index (χ0v) is 8.19. The van der Waals surface area contributed by atoms with Crippen molar-refractivity contribution >= 4 is 11.6 Å². The minimum atomic E-state index is 0.0750. The third kappa shape index (κ3) is 3.59. The summed E-state index contributed by atoms with van der Waals surface area (Å²) in [6, 6.07) is 0. The van der Waals surface area contributed by atoms with E-state index in [1.54, 1.807) is 6.08 Å². The molecule has 0 aromatic carbocycles. The molecule has 0 aliphatic heterocycles. The van der Waals surface area contributed by atoms with Gasteiger partial charge in [0.25, 0.3) is 0 Å². The molecule has 0 unspecified atom stereocenters. The zero-order chi connectivity index (χ0) is 8.81. The van der Waals surface area contributed by atoms with Crippen LogP contribution in [0.1, 0.15) is 38.5 Å². The zero-order valence-electron chi connectivity index (χ0n) is 7.43. The molecule has 0 heterocycles. The Morgan fingerprint density at radius 2 is 2.00 bits per heavy atom. The van der Waals surface area contributed by atoms with Crippen molar-refractivity contribution in [2.45, 2.75) is 38.5 Å². The van der Waals surface area contributed by atoms with Gasteiger partial charge in [0.15, 0.2) is 0 Å². The van der Waals surface area contributed by atoms with Crippen molar-refractivity contribution in [2.24, 2.45) is 5.92 Å². The van der Waals surface area contributed by atoms with E-state index in [1.807, 2.05) is 0 Å². The molecule has 1 aliphatic rings. The first-order valence-corrected chi connectivity index (χ1v) is 5.16. The molecular formula is C10H17ClO. The van der Waals surface area contributed by atoms with Gasteiger partial charge in [-0.05, 0) is 18.4 Å². The second-order valence-corrected chi connectivity index (χ2v) is 4.03. The van der Waals surface area contributed by atoms with Gasteiger partial charge in [-0.1, -0.05) is 43.7 Å². The number of allylic oxidation sites excluding steroid dienone is 1. The van der Waals surface area contributed by atoms with E-state index in [0.29, 0.717) is 0 Å². The highest BCUT2D eigenvalue weighted by molar-refractivity contribution is 6.29. The third-order valence-electron chi connectivity index (χ3n) is 2.52. The number of aliphatic hydroxyl groups excluding tert-OH is 1. The third-order valence-corrected chi connectivity index (χ3v) is 2.83. The molecule has 0 spiro atoms. The van der Waals surface area contributed by atoms with Crippen LogP contribution in [0.4, 0.5) is 0 Å². The Morgan fingerprint density at radius 3 is 2.58 bits per heavy atom. The largest absolute Gasteiger partial charge is 0.392 e. The van der Waals surface area contributed by atoms with Crippen LogP contribution in [0.15, 0.2) is 11.1 Å². The average molecular weight is 189 g/mol. The Kier molecular flexibility index (Phi) is 4.70. The molecule has 1 saturated carbocycles. The Balaban J connectivity index is 2.24. The molecule has 0 amide bonds. The molecule has 12 heavy (non-hydrogen) atoms. The van der Waals surface area contributed by atoms with Crippen LogP contribution in [-0.2, 0) is 0 Å². The van der Waals surface area contributed by atoms with Gasteiger partial charge in [-0.2, -0.15) is 0 Å². The quantitative estimate of drug-likeness (QED) is 0.722. The summed E-state index contributed by atoms with van der Waals surface area (Å²) >= 11 is 5.92. The monoisotopic (exact) mass is 188 g/mol. The molecule has 0 aromatic heterocycles. The second-order valence-electron chi connectivity index (χ2n) is 3.54. The van der Waals surface area contributed by atoms with Crippen molar-refractivity contribution in [3.05, 3.63) is 11.1 Å². The van der Waals surface area contributed by atoms with Gasteiger partial charge >= 0.3 is 0 Å². The lowest BCUT2D eigenvalue weighted by Crippen LogP contribution is -2.05. The number of rotatable bonds is 3. The highest BCUT2D eigenvalue weighted by atomic mass is 35.5. The summed E-state index contributed by atoms with van der Waals surface area (Å²) in [6.45, 7) is 0.0750. The SMILES string of the molecule is OC/C=C(/Cl)CC1CCCCC1. The second kappa shape index (κ2) is 5.60. The molecule has 0 atom stereocenters. The Morgan fingerprint density at radius 1 is 1.33 bits per heavy atom. The standard InChI is InChI=1S/C10H17ClO/c11-10(6-7-12)8-9-4-2-1-3-5-9/h6,9,12H,1-5,7-8H2/b10-6+. The number of halogens is 1. The Labute approximate surface area is 79.4 Å². The van der Waals surface area contributed by atoms with Crippen LogP contribution in [0.2, 0.25) is 0 Å². The van der Waals surface area contributed by atoms with Crippen LogP contribution >= 0.6 is 11.6 Å². The average Bonchev–Trinajstić information content (AvgIpc) is 2.06. The van der Waals surface area contributed by atoms with Crippen LogP contribution < -0.4 is 0 Å². The normalized spacial score (nSPS) is 21.3. The Hall–Kier alpha value is -0.0100. The van der Waals surface area contributed by atoms with E-state index in [9.17, 15) is 0 Å². The van der Waals surface area contributed by atoms with Gasteiger partial charge in [-0.25, -0.2) is 0 Å². The van der Waals surface area contributed by atoms with E-state index in [2.05, 4.69) is 0 Å². The summed E-state index contributed by atoms with van der Waals surface area (Å²) in [5.74, 6) is 0.772. The lowest BCUT2D eigenvalue weighted by atomic mass is 9.87. The van der Waals surface area contributed by atoms with Gasteiger partial charge in [0.1, 0.15) is 0 Å². The van der Waals surface area contributed by atoms with E-state index in [-0.39, 0.29) is 6.61 Å². The summed E-state index contributed by atoms with van der Waals surface area (Å²) in [4.78, 5) is 0. The van der Waals surface area contributed by atoms with Crippen LogP contribution in [0.25, 0.3) is 0 Å². The highest BCUT2D eigenvalue weighted by Crippen LogP contribution is 2.29. The van der Waals surface area contributed by atoms with Crippen LogP contribution in [0.5, 0.6) is 0 Å². The lowest BCUT2D eigenvalue weighted by Gasteiger charge is -2.20. The molecule has 0 saturated heterocycles. The maximum atomic E-state index is 8.61. The van der Waals surface area contributed by atoms with Crippen LogP contribution in [0.3, 0.4) is 0 Å². The van der Waals surface area contributed by atoms with Gasteiger partial charge in [-0.3, -0.25) is 0 Å². The molecule has 1 aliphatic carbocycles. The maximum Gasteiger partial charge on any atom is 0.0626 e. The van der Waals surface area contributed by atoms with E-state index >= 15 is 0 Å². The Bertz CT molecular complexity index is 148. The maximum absolute atomic E-state index is 8.61. The molecule has 1 rings (SSSR count). The summed E-state index contributed by atoms with van der Waals surface area (Å²) in [7, 11) is 0.